The second kappa shape index (κ2) is 10.8. The summed E-state index contributed by atoms with van der Waals surface area (Å²) >= 11 is 8.07. The van der Waals surface area contributed by atoms with E-state index >= 15 is 0 Å². The lowest BCUT2D eigenvalue weighted by molar-refractivity contribution is 0.255. The maximum Gasteiger partial charge on any atom is 0.191 e. The van der Waals surface area contributed by atoms with E-state index < -0.39 is 0 Å². The number of piperazine rings is 1. The van der Waals surface area contributed by atoms with Crippen molar-refractivity contribution in [1.29, 1.82) is 0 Å². The molecule has 29 heavy (non-hydrogen) atoms. The highest BCUT2D eigenvalue weighted by atomic mass is 35.5. The quantitative estimate of drug-likeness (QED) is 0.398. The fourth-order valence-corrected chi connectivity index (χ4v) is 4.55. The van der Waals surface area contributed by atoms with Gasteiger partial charge < -0.3 is 15.5 Å². The topological polar surface area (TPSA) is 55.8 Å². The number of guanidine groups is 1. The Kier molecular flexibility index (Phi) is 8.15. The van der Waals surface area contributed by atoms with Gasteiger partial charge in [0, 0.05) is 44.6 Å². The molecule has 0 spiro atoms. The summed E-state index contributed by atoms with van der Waals surface area (Å²) in [6, 6.07) is 8.11. The first-order valence-electron chi connectivity index (χ1n) is 10.2. The molecule has 2 N–H and O–H groups in total. The average Bonchev–Trinajstić information content (AvgIpc) is 3.06. The van der Waals surface area contributed by atoms with Crippen LogP contribution in [0.4, 0.5) is 5.69 Å². The normalized spacial score (nSPS) is 15.6. The molecule has 0 saturated carbocycles. The minimum atomic E-state index is 0.711. The molecule has 3 rings (SSSR count). The molecule has 2 heterocycles. The number of aliphatic imine (C=N–C) groups is 1. The third kappa shape index (κ3) is 6.32. The minimum Gasteiger partial charge on any atom is -0.368 e. The van der Waals surface area contributed by atoms with E-state index in [1.54, 1.807) is 11.3 Å². The standard InChI is InChI=1S/C21H31ClN6S/c1-16-17(2)29-20(26-16)15-25-21(23-3)24-9-6-10-27-11-13-28(14-12-27)19-8-5-4-7-18(19)22/h4-5,7-8H,6,9-15H2,1-3H3,(H2,23,24,25). The lowest BCUT2D eigenvalue weighted by atomic mass is 10.2. The van der Waals surface area contributed by atoms with Crippen LogP contribution in [0.1, 0.15) is 22.0 Å². The van der Waals surface area contributed by atoms with Crippen LogP contribution >= 0.6 is 22.9 Å². The molecule has 1 fully saturated rings. The van der Waals surface area contributed by atoms with Gasteiger partial charge in [-0.05, 0) is 38.9 Å². The van der Waals surface area contributed by atoms with Crippen molar-refractivity contribution >= 4 is 34.6 Å². The van der Waals surface area contributed by atoms with Gasteiger partial charge in [0.25, 0.3) is 0 Å². The molecule has 0 atom stereocenters. The van der Waals surface area contributed by atoms with Crippen LogP contribution in [0.25, 0.3) is 0 Å². The van der Waals surface area contributed by atoms with E-state index in [2.05, 4.69) is 56.4 Å². The largest absolute Gasteiger partial charge is 0.368 e. The lowest BCUT2D eigenvalue weighted by Gasteiger charge is -2.36. The summed E-state index contributed by atoms with van der Waals surface area (Å²) in [4.78, 5) is 15.0. The van der Waals surface area contributed by atoms with Crippen LogP contribution in [0.15, 0.2) is 29.3 Å². The van der Waals surface area contributed by atoms with Gasteiger partial charge in [-0.1, -0.05) is 23.7 Å². The zero-order chi connectivity index (χ0) is 20.6. The van der Waals surface area contributed by atoms with Gasteiger partial charge in [-0.3, -0.25) is 9.89 Å². The molecular weight excluding hydrogens is 404 g/mol. The zero-order valence-electron chi connectivity index (χ0n) is 17.5. The van der Waals surface area contributed by atoms with Gasteiger partial charge in [0.15, 0.2) is 5.96 Å². The molecule has 158 valence electrons. The molecule has 1 aromatic heterocycles. The van der Waals surface area contributed by atoms with Gasteiger partial charge in [0.1, 0.15) is 5.01 Å². The minimum absolute atomic E-state index is 0.711. The van der Waals surface area contributed by atoms with Crippen LogP contribution in [-0.4, -0.2) is 62.2 Å². The molecule has 0 aliphatic carbocycles. The Balaban J connectivity index is 1.32. The maximum atomic E-state index is 6.33. The molecule has 1 aliphatic heterocycles. The van der Waals surface area contributed by atoms with Crippen molar-refractivity contribution in [3.63, 3.8) is 0 Å². The van der Waals surface area contributed by atoms with Gasteiger partial charge in [0.2, 0.25) is 0 Å². The molecule has 0 unspecified atom stereocenters. The van der Waals surface area contributed by atoms with Crippen LogP contribution in [0.5, 0.6) is 0 Å². The highest BCUT2D eigenvalue weighted by Crippen LogP contribution is 2.26. The van der Waals surface area contributed by atoms with Crippen molar-refractivity contribution < 1.29 is 0 Å². The summed E-state index contributed by atoms with van der Waals surface area (Å²) in [7, 11) is 1.81. The highest BCUT2D eigenvalue weighted by Gasteiger charge is 2.18. The molecule has 0 bridgehead atoms. The van der Waals surface area contributed by atoms with Crippen LogP contribution in [0.2, 0.25) is 5.02 Å². The van der Waals surface area contributed by atoms with E-state index in [0.717, 1.165) is 73.1 Å². The number of benzene rings is 1. The Hall–Kier alpha value is -1.83. The van der Waals surface area contributed by atoms with Crippen molar-refractivity contribution in [2.75, 3.05) is 51.2 Å². The van der Waals surface area contributed by atoms with Crippen molar-refractivity contribution in [2.24, 2.45) is 4.99 Å². The van der Waals surface area contributed by atoms with Gasteiger partial charge in [-0.2, -0.15) is 0 Å². The van der Waals surface area contributed by atoms with E-state index in [0.29, 0.717) is 6.54 Å². The predicted octanol–water partition coefficient (Wildman–Crippen LogP) is 3.29. The summed E-state index contributed by atoms with van der Waals surface area (Å²) in [5.74, 6) is 0.832. The number of aryl methyl sites for hydroxylation is 2. The highest BCUT2D eigenvalue weighted by molar-refractivity contribution is 7.11. The molecule has 6 nitrogen and oxygen atoms in total. The molecule has 8 heteroatoms. The fraction of sp³-hybridized carbons (Fsp3) is 0.524. The average molecular weight is 435 g/mol. The Morgan fingerprint density at radius 3 is 2.59 bits per heavy atom. The van der Waals surface area contributed by atoms with E-state index in [1.807, 2.05) is 19.2 Å². The van der Waals surface area contributed by atoms with Crippen LogP contribution in [0, 0.1) is 13.8 Å². The van der Waals surface area contributed by atoms with Gasteiger partial charge >= 0.3 is 0 Å². The third-order valence-electron chi connectivity index (χ3n) is 5.21. The first-order valence-corrected chi connectivity index (χ1v) is 11.4. The summed E-state index contributed by atoms with van der Waals surface area (Å²) < 4.78 is 0. The van der Waals surface area contributed by atoms with Crippen molar-refractivity contribution in [1.82, 2.24) is 20.5 Å². The molecule has 1 saturated heterocycles. The number of anilines is 1. The Labute approximate surface area is 183 Å². The zero-order valence-corrected chi connectivity index (χ0v) is 19.1. The van der Waals surface area contributed by atoms with E-state index in [9.17, 15) is 0 Å². The molecule has 1 aliphatic rings. The van der Waals surface area contributed by atoms with Crippen molar-refractivity contribution in [3.05, 3.63) is 44.9 Å². The van der Waals surface area contributed by atoms with Crippen LogP contribution < -0.4 is 15.5 Å². The van der Waals surface area contributed by atoms with Crippen LogP contribution in [0.3, 0.4) is 0 Å². The van der Waals surface area contributed by atoms with Crippen molar-refractivity contribution in [3.8, 4) is 0 Å². The second-order valence-electron chi connectivity index (χ2n) is 7.24. The Morgan fingerprint density at radius 2 is 1.93 bits per heavy atom. The third-order valence-corrected chi connectivity index (χ3v) is 6.60. The summed E-state index contributed by atoms with van der Waals surface area (Å²) in [6.07, 6.45) is 1.09. The Bertz CT molecular complexity index is 794. The van der Waals surface area contributed by atoms with Gasteiger partial charge in [0.05, 0.1) is 22.9 Å². The predicted molar refractivity (Wildman–Crippen MR) is 125 cm³/mol. The Morgan fingerprint density at radius 1 is 1.17 bits per heavy atom. The smallest absolute Gasteiger partial charge is 0.191 e. The summed E-state index contributed by atoms with van der Waals surface area (Å²) in [5.41, 5.74) is 2.26. The van der Waals surface area contributed by atoms with Gasteiger partial charge in [-0.15, -0.1) is 11.3 Å². The second-order valence-corrected chi connectivity index (χ2v) is 8.93. The molecular formula is C21H31ClN6S. The first kappa shape index (κ1) is 21.9. The maximum absolute atomic E-state index is 6.33. The lowest BCUT2D eigenvalue weighted by Crippen LogP contribution is -2.47. The van der Waals surface area contributed by atoms with Crippen LogP contribution in [-0.2, 0) is 6.54 Å². The molecule has 1 aromatic carbocycles. The summed E-state index contributed by atoms with van der Waals surface area (Å²) in [6.45, 7) is 11.0. The SMILES string of the molecule is CN=C(NCCCN1CCN(c2ccccc2Cl)CC1)NCc1nc(C)c(C)s1. The molecule has 2 aromatic rings. The fourth-order valence-electron chi connectivity index (χ4n) is 3.42. The molecule has 0 radical (unpaired) electrons. The van der Waals surface area contributed by atoms with E-state index in [-0.39, 0.29) is 0 Å². The van der Waals surface area contributed by atoms with E-state index in [1.165, 1.54) is 4.88 Å². The number of aromatic nitrogens is 1. The number of nitrogens with one attached hydrogen (secondary N) is 2. The number of halogens is 1. The summed E-state index contributed by atoms with van der Waals surface area (Å²) in [5, 5.41) is 8.69. The number of para-hydroxylation sites is 1. The van der Waals surface area contributed by atoms with Gasteiger partial charge in [-0.25, -0.2) is 4.98 Å². The first-order chi connectivity index (χ1) is 14.1. The number of rotatable bonds is 7. The van der Waals surface area contributed by atoms with E-state index in [4.69, 9.17) is 11.6 Å². The van der Waals surface area contributed by atoms with Crippen molar-refractivity contribution in [2.45, 2.75) is 26.8 Å². The number of thiazole rings is 1. The monoisotopic (exact) mass is 434 g/mol. The number of hydrogen-bond acceptors (Lipinski definition) is 5. The molecule has 0 amide bonds. The number of nitrogens with zero attached hydrogens (tertiary/aromatic N) is 4. The number of hydrogen-bond donors (Lipinski definition) is 2.